The average Bonchev–Trinajstić information content (AvgIpc) is 2.47. The zero-order valence-electron chi connectivity index (χ0n) is 11.5. The third kappa shape index (κ3) is 3.36. The molecule has 0 saturated carbocycles. The summed E-state index contributed by atoms with van der Waals surface area (Å²) in [5.41, 5.74) is 0.755. The van der Waals surface area contributed by atoms with E-state index in [0.29, 0.717) is 18.7 Å². The number of carboxylic acids is 1. The summed E-state index contributed by atoms with van der Waals surface area (Å²) in [4.78, 5) is 25.2. The zero-order valence-corrected chi connectivity index (χ0v) is 11.5. The highest BCUT2D eigenvalue weighted by molar-refractivity contribution is 5.91. The Morgan fingerprint density at radius 1 is 1.40 bits per heavy atom. The fourth-order valence-corrected chi connectivity index (χ4v) is 2.51. The van der Waals surface area contributed by atoms with E-state index in [0.717, 1.165) is 12.8 Å². The topological polar surface area (TPSA) is 66.8 Å². The molecule has 0 aliphatic carbocycles. The summed E-state index contributed by atoms with van der Waals surface area (Å²) in [5.74, 6) is -1.04. The van der Waals surface area contributed by atoms with E-state index < -0.39 is 5.97 Å². The van der Waals surface area contributed by atoms with Gasteiger partial charge >= 0.3 is 5.97 Å². The second-order valence-electron chi connectivity index (χ2n) is 4.98. The molecule has 1 amide bonds. The van der Waals surface area contributed by atoms with Crippen LogP contribution in [0.1, 0.15) is 28.8 Å². The first kappa shape index (κ1) is 14.5. The highest BCUT2D eigenvalue weighted by Crippen LogP contribution is 2.16. The molecule has 2 rings (SSSR count). The van der Waals surface area contributed by atoms with Crippen molar-refractivity contribution < 1.29 is 19.4 Å². The van der Waals surface area contributed by atoms with Crippen LogP contribution in [-0.4, -0.2) is 48.2 Å². The molecular weight excluding hydrogens is 258 g/mol. The van der Waals surface area contributed by atoms with Crippen LogP contribution in [-0.2, 0) is 16.0 Å². The summed E-state index contributed by atoms with van der Waals surface area (Å²) < 4.78 is 5.30. The smallest absolute Gasteiger partial charge is 0.335 e. The number of amides is 1. The Bertz CT molecular complexity index is 500. The van der Waals surface area contributed by atoms with E-state index in [9.17, 15) is 9.59 Å². The number of piperidine rings is 1. The van der Waals surface area contributed by atoms with E-state index in [2.05, 4.69) is 0 Å². The van der Waals surface area contributed by atoms with Crippen molar-refractivity contribution in [3.63, 3.8) is 0 Å². The van der Waals surface area contributed by atoms with Crippen molar-refractivity contribution in [2.75, 3.05) is 20.2 Å². The Hall–Kier alpha value is -1.88. The molecular formula is C15H19NO4. The van der Waals surface area contributed by atoms with E-state index >= 15 is 0 Å². The number of nitrogens with zero attached hydrogens (tertiary/aromatic N) is 1. The number of hydrogen-bond donors (Lipinski definition) is 1. The molecule has 108 valence electrons. The average molecular weight is 277 g/mol. The number of carbonyl (C=O) groups is 2. The van der Waals surface area contributed by atoms with Crippen molar-refractivity contribution in [1.29, 1.82) is 0 Å². The Labute approximate surface area is 118 Å². The number of aromatic carboxylic acids is 1. The molecule has 1 aromatic rings. The first-order valence-corrected chi connectivity index (χ1v) is 6.73. The van der Waals surface area contributed by atoms with Crippen LogP contribution < -0.4 is 0 Å². The molecule has 1 atom stereocenters. The number of carboxylic acid groups (broad SMARTS) is 1. The van der Waals surface area contributed by atoms with Gasteiger partial charge in [0.05, 0.1) is 18.1 Å². The molecule has 1 N–H and O–H groups in total. The largest absolute Gasteiger partial charge is 0.478 e. The molecule has 0 bridgehead atoms. The van der Waals surface area contributed by atoms with E-state index in [1.54, 1.807) is 30.2 Å². The summed E-state index contributed by atoms with van der Waals surface area (Å²) in [6.45, 7) is 1.30. The quantitative estimate of drug-likeness (QED) is 0.907. The van der Waals surface area contributed by atoms with Gasteiger partial charge in [-0.25, -0.2) is 4.79 Å². The van der Waals surface area contributed by atoms with Gasteiger partial charge in [0.2, 0.25) is 5.91 Å². The molecule has 1 aliphatic heterocycles. The van der Waals surface area contributed by atoms with E-state index in [-0.39, 0.29) is 24.0 Å². The molecule has 1 saturated heterocycles. The number of ether oxygens (including phenoxy) is 1. The molecule has 5 nitrogen and oxygen atoms in total. The number of hydrogen-bond acceptors (Lipinski definition) is 3. The molecule has 1 unspecified atom stereocenters. The molecule has 1 aliphatic rings. The summed E-state index contributed by atoms with van der Waals surface area (Å²) >= 11 is 0. The highest BCUT2D eigenvalue weighted by Gasteiger charge is 2.24. The SMILES string of the molecule is COC1CCCN(C(=O)Cc2ccccc2C(=O)O)C1. The van der Waals surface area contributed by atoms with Crippen LogP contribution in [0.15, 0.2) is 24.3 Å². The third-order valence-electron chi connectivity index (χ3n) is 3.65. The lowest BCUT2D eigenvalue weighted by atomic mass is 10.0. The lowest BCUT2D eigenvalue weighted by Crippen LogP contribution is -2.43. The first-order chi connectivity index (χ1) is 9.61. The minimum Gasteiger partial charge on any atom is -0.478 e. The summed E-state index contributed by atoms with van der Waals surface area (Å²) in [6.07, 6.45) is 2.10. The third-order valence-corrected chi connectivity index (χ3v) is 3.65. The number of rotatable bonds is 4. The van der Waals surface area contributed by atoms with Crippen molar-refractivity contribution in [2.24, 2.45) is 0 Å². The fraction of sp³-hybridized carbons (Fsp3) is 0.467. The van der Waals surface area contributed by atoms with Crippen molar-refractivity contribution in [1.82, 2.24) is 4.90 Å². The van der Waals surface area contributed by atoms with Gasteiger partial charge in [-0.15, -0.1) is 0 Å². The van der Waals surface area contributed by atoms with Crippen molar-refractivity contribution in [3.05, 3.63) is 35.4 Å². The first-order valence-electron chi connectivity index (χ1n) is 6.73. The molecule has 1 heterocycles. The molecule has 5 heteroatoms. The van der Waals surface area contributed by atoms with Crippen LogP contribution >= 0.6 is 0 Å². The zero-order chi connectivity index (χ0) is 14.5. The van der Waals surface area contributed by atoms with Crippen molar-refractivity contribution in [2.45, 2.75) is 25.4 Å². The van der Waals surface area contributed by atoms with Crippen LogP contribution in [0.3, 0.4) is 0 Å². The minimum atomic E-state index is -0.998. The minimum absolute atomic E-state index is 0.0412. The van der Waals surface area contributed by atoms with Gasteiger partial charge in [-0.05, 0) is 24.5 Å². The van der Waals surface area contributed by atoms with Crippen molar-refractivity contribution >= 4 is 11.9 Å². The van der Waals surface area contributed by atoms with Gasteiger partial charge in [0, 0.05) is 20.2 Å². The number of likely N-dealkylation sites (tertiary alicyclic amines) is 1. The molecule has 20 heavy (non-hydrogen) atoms. The van der Waals surface area contributed by atoms with Gasteiger partial charge in [-0.1, -0.05) is 18.2 Å². The maximum Gasteiger partial charge on any atom is 0.335 e. The van der Waals surface area contributed by atoms with E-state index in [4.69, 9.17) is 9.84 Å². The second kappa shape index (κ2) is 6.52. The van der Waals surface area contributed by atoms with Crippen molar-refractivity contribution in [3.8, 4) is 0 Å². The molecule has 0 aromatic heterocycles. The molecule has 0 radical (unpaired) electrons. The molecule has 1 aromatic carbocycles. The van der Waals surface area contributed by atoms with Gasteiger partial charge < -0.3 is 14.7 Å². The van der Waals surface area contributed by atoms with Crippen LogP contribution in [0.5, 0.6) is 0 Å². The Kier molecular flexibility index (Phi) is 4.74. The highest BCUT2D eigenvalue weighted by atomic mass is 16.5. The standard InChI is InChI=1S/C15H19NO4/c1-20-12-6-4-8-16(10-12)14(17)9-11-5-2-3-7-13(11)15(18)19/h2-3,5,7,12H,4,6,8-10H2,1H3,(H,18,19). The van der Waals surface area contributed by atoms with Gasteiger partial charge in [-0.2, -0.15) is 0 Å². The lowest BCUT2D eigenvalue weighted by Gasteiger charge is -2.32. The number of methoxy groups -OCH3 is 1. The Morgan fingerprint density at radius 3 is 2.85 bits per heavy atom. The molecule has 0 spiro atoms. The fourth-order valence-electron chi connectivity index (χ4n) is 2.51. The summed E-state index contributed by atoms with van der Waals surface area (Å²) in [6, 6.07) is 6.64. The van der Waals surface area contributed by atoms with Crippen LogP contribution in [0, 0.1) is 0 Å². The summed E-state index contributed by atoms with van der Waals surface area (Å²) in [5, 5.41) is 9.12. The van der Waals surface area contributed by atoms with Gasteiger partial charge in [0.15, 0.2) is 0 Å². The van der Waals surface area contributed by atoms with Crippen LogP contribution in [0.2, 0.25) is 0 Å². The van der Waals surface area contributed by atoms with Crippen LogP contribution in [0.4, 0.5) is 0 Å². The summed E-state index contributed by atoms with van der Waals surface area (Å²) in [7, 11) is 1.65. The Morgan fingerprint density at radius 2 is 2.15 bits per heavy atom. The maximum absolute atomic E-state index is 12.3. The monoisotopic (exact) mass is 277 g/mol. The predicted molar refractivity (Wildman–Crippen MR) is 73.7 cm³/mol. The van der Waals surface area contributed by atoms with E-state index in [1.807, 2.05) is 0 Å². The maximum atomic E-state index is 12.3. The Balaban J connectivity index is 2.06. The normalized spacial score (nSPS) is 18.9. The van der Waals surface area contributed by atoms with E-state index in [1.165, 1.54) is 6.07 Å². The van der Waals surface area contributed by atoms with Crippen LogP contribution in [0.25, 0.3) is 0 Å². The lowest BCUT2D eigenvalue weighted by molar-refractivity contribution is -0.134. The van der Waals surface area contributed by atoms with Gasteiger partial charge in [0.1, 0.15) is 0 Å². The second-order valence-corrected chi connectivity index (χ2v) is 4.98. The predicted octanol–water partition coefficient (Wildman–Crippen LogP) is 1.56. The van der Waals surface area contributed by atoms with Gasteiger partial charge in [-0.3, -0.25) is 4.79 Å². The number of carbonyl (C=O) groups excluding carboxylic acids is 1. The van der Waals surface area contributed by atoms with Gasteiger partial charge in [0.25, 0.3) is 0 Å². The molecule has 1 fully saturated rings. The number of benzene rings is 1.